The predicted octanol–water partition coefficient (Wildman–Crippen LogP) is 2.85. The molecule has 6 nitrogen and oxygen atoms in total. The number of amidine groups is 1. The summed E-state index contributed by atoms with van der Waals surface area (Å²) in [6, 6.07) is 0.925. The van der Waals surface area contributed by atoms with Gasteiger partial charge in [0.1, 0.15) is 6.54 Å². The van der Waals surface area contributed by atoms with Crippen molar-refractivity contribution >= 4 is 11.8 Å². The molecular formula is C16H21F3N4O2. The molecule has 0 saturated heterocycles. The summed E-state index contributed by atoms with van der Waals surface area (Å²) in [4.78, 5) is 16.7. The van der Waals surface area contributed by atoms with E-state index in [1.165, 1.54) is 26.2 Å². The van der Waals surface area contributed by atoms with Crippen LogP contribution in [0.4, 0.5) is 13.2 Å². The van der Waals surface area contributed by atoms with E-state index in [9.17, 15) is 18.0 Å². The highest BCUT2D eigenvalue weighted by Gasteiger charge is 2.40. The molecule has 3 atom stereocenters. The van der Waals surface area contributed by atoms with E-state index in [0.717, 1.165) is 23.1 Å². The van der Waals surface area contributed by atoms with Crippen LogP contribution in [0.1, 0.15) is 43.5 Å². The van der Waals surface area contributed by atoms with Crippen LogP contribution in [0.25, 0.3) is 0 Å². The fourth-order valence-corrected chi connectivity index (χ4v) is 3.98. The lowest BCUT2D eigenvalue weighted by Crippen LogP contribution is -2.23. The highest BCUT2D eigenvalue weighted by molar-refractivity contribution is 5.80. The molecule has 0 aliphatic heterocycles. The van der Waals surface area contributed by atoms with Crippen LogP contribution in [0.3, 0.4) is 0 Å². The summed E-state index contributed by atoms with van der Waals surface area (Å²) >= 11 is 0. The standard InChI is InChI=1S/C16H21F3N4O2/c1-9-4-13(16(17,18)19)21-23(9)8-14(20)22-25-15(24)7-12-6-10-2-3-11(12)5-10/h4,10-12H,2-3,5-8H2,1H3,(H2,20,22)/t10-,11+,12+/m0/s1. The fourth-order valence-electron chi connectivity index (χ4n) is 3.98. The first-order valence-electron chi connectivity index (χ1n) is 8.36. The smallest absolute Gasteiger partial charge is 0.383 e. The molecule has 3 rings (SSSR count). The first-order valence-corrected chi connectivity index (χ1v) is 8.36. The first kappa shape index (κ1) is 17.8. The van der Waals surface area contributed by atoms with E-state index in [1.807, 2.05) is 0 Å². The van der Waals surface area contributed by atoms with Gasteiger partial charge in [-0.1, -0.05) is 11.6 Å². The van der Waals surface area contributed by atoms with Crippen LogP contribution in [0.5, 0.6) is 0 Å². The second kappa shape index (κ2) is 6.68. The Bertz CT molecular complexity index is 683. The van der Waals surface area contributed by atoms with Gasteiger partial charge in [0.25, 0.3) is 0 Å². The minimum absolute atomic E-state index is 0.110. The SMILES string of the molecule is Cc1cc(C(F)(F)F)nn1C/C(N)=N\OC(=O)C[C@H]1C[C@H]2CC[C@@H]1C2. The van der Waals surface area contributed by atoms with Crippen molar-refractivity contribution in [2.24, 2.45) is 28.6 Å². The zero-order valence-electron chi connectivity index (χ0n) is 13.9. The predicted molar refractivity (Wildman–Crippen MR) is 83.2 cm³/mol. The summed E-state index contributed by atoms with van der Waals surface area (Å²) < 4.78 is 38.9. The lowest BCUT2D eigenvalue weighted by Gasteiger charge is -2.19. The van der Waals surface area contributed by atoms with Crippen molar-refractivity contribution in [1.29, 1.82) is 0 Å². The minimum atomic E-state index is -4.52. The van der Waals surface area contributed by atoms with Gasteiger partial charge in [-0.3, -0.25) is 4.68 Å². The van der Waals surface area contributed by atoms with Crippen LogP contribution in [-0.4, -0.2) is 21.6 Å². The average molecular weight is 358 g/mol. The van der Waals surface area contributed by atoms with Crippen LogP contribution >= 0.6 is 0 Å². The molecule has 0 unspecified atom stereocenters. The zero-order valence-corrected chi connectivity index (χ0v) is 13.9. The summed E-state index contributed by atoms with van der Waals surface area (Å²) in [7, 11) is 0. The molecule has 2 aliphatic rings. The number of carbonyl (C=O) groups is 1. The Balaban J connectivity index is 1.52. The molecule has 0 spiro atoms. The molecule has 138 valence electrons. The molecule has 25 heavy (non-hydrogen) atoms. The van der Waals surface area contributed by atoms with Crippen molar-refractivity contribution in [3.05, 3.63) is 17.5 Å². The van der Waals surface area contributed by atoms with Crippen LogP contribution in [0.15, 0.2) is 11.2 Å². The normalized spacial score (nSPS) is 26.2. The van der Waals surface area contributed by atoms with Crippen LogP contribution in [0.2, 0.25) is 0 Å². The van der Waals surface area contributed by atoms with Crippen LogP contribution in [-0.2, 0) is 22.4 Å². The first-order chi connectivity index (χ1) is 11.7. The summed E-state index contributed by atoms with van der Waals surface area (Å²) in [6.07, 6.45) is 0.486. The van der Waals surface area contributed by atoms with Gasteiger partial charge in [0.2, 0.25) is 0 Å². The molecule has 0 radical (unpaired) electrons. The molecule has 2 bridgehead atoms. The number of carbonyl (C=O) groups excluding carboxylic acids is 1. The second-order valence-corrected chi connectivity index (χ2v) is 7.01. The number of rotatable bonds is 5. The Labute approximate surface area is 143 Å². The Kier molecular flexibility index (Phi) is 4.75. The van der Waals surface area contributed by atoms with Crippen LogP contribution < -0.4 is 5.73 Å². The quantitative estimate of drug-likeness (QED) is 0.380. The number of nitrogens with zero attached hydrogens (tertiary/aromatic N) is 3. The zero-order chi connectivity index (χ0) is 18.2. The van der Waals surface area contributed by atoms with Gasteiger partial charge in [-0.15, -0.1) is 0 Å². The molecule has 1 aromatic rings. The maximum Gasteiger partial charge on any atom is 0.435 e. The van der Waals surface area contributed by atoms with Crippen molar-refractivity contribution in [3.63, 3.8) is 0 Å². The Hall–Kier alpha value is -2.06. The van der Waals surface area contributed by atoms with Gasteiger partial charge in [0, 0.05) is 5.69 Å². The number of alkyl halides is 3. The monoisotopic (exact) mass is 358 g/mol. The molecule has 2 fully saturated rings. The number of hydrogen-bond donors (Lipinski definition) is 1. The van der Waals surface area contributed by atoms with E-state index in [-0.39, 0.29) is 12.4 Å². The van der Waals surface area contributed by atoms with Crippen molar-refractivity contribution < 1.29 is 22.8 Å². The molecule has 2 saturated carbocycles. The highest BCUT2D eigenvalue weighted by atomic mass is 19.4. The molecule has 0 amide bonds. The highest BCUT2D eigenvalue weighted by Crippen LogP contribution is 2.49. The molecule has 1 heterocycles. The molecule has 9 heteroatoms. The Morgan fingerprint density at radius 3 is 2.76 bits per heavy atom. The number of halogens is 3. The van der Waals surface area contributed by atoms with Gasteiger partial charge in [-0.25, -0.2) is 4.79 Å². The number of aryl methyl sites for hydroxylation is 1. The summed E-state index contributed by atoms with van der Waals surface area (Å²) in [5.41, 5.74) is 4.94. The van der Waals surface area contributed by atoms with Crippen molar-refractivity contribution in [3.8, 4) is 0 Å². The molecule has 2 N–H and O–H groups in total. The van der Waals surface area contributed by atoms with Gasteiger partial charge in [-0.2, -0.15) is 18.3 Å². The summed E-state index contributed by atoms with van der Waals surface area (Å²) in [5.74, 6) is 1.13. The van der Waals surface area contributed by atoms with E-state index in [4.69, 9.17) is 10.6 Å². The minimum Gasteiger partial charge on any atom is -0.383 e. The van der Waals surface area contributed by atoms with E-state index >= 15 is 0 Å². The third-order valence-electron chi connectivity index (χ3n) is 5.16. The van der Waals surface area contributed by atoms with Crippen LogP contribution in [0, 0.1) is 24.7 Å². The van der Waals surface area contributed by atoms with E-state index < -0.39 is 17.8 Å². The summed E-state index contributed by atoms with van der Waals surface area (Å²) in [6.45, 7) is 1.31. The number of aromatic nitrogens is 2. The van der Waals surface area contributed by atoms with Gasteiger partial charge >= 0.3 is 12.1 Å². The van der Waals surface area contributed by atoms with Gasteiger partial charge in [0.05, 0.1) is 6.42 Å². The Morgan fingerprint density at radius 2 is 2.20 bits per heavy atom. The Morgan fingerprint density at radius 1 is 1.44 bits per heavy atom. The van der Waals surface area contributed by atoms with Gasteiger partial charge in [0.15, 0.2) is 11.5 Å². The van der Waals surface area contributed by atoms with E-state index in [1.54, 1.807) is 0 Å². The molecule has 0 aromatic carbocycles. The topological polar surface area (TPSA) is 82.5 Å². The third-order valence-corrected chi connectivity index (χ3v) is 5.16. The largest absolute Gasteiger partial charge is 0.435 e. The van der Waals surface area contributed by atoms with E-state index in [2.05, 4.69) is 10.3 Å². The lowest BCUT2D eigenvalue weighted by molar-refractivity contribution is -0.145. The fraction of sp³-hybridized carbons (Fsp3) is 0.688. The molecular weight excluding hydrogens is 337 g/mol. The lowest BCUT2D eigenvalue weighted by atomic mass is 9.86. The molecule has 2 aliphatic carbocycles. The van der Waals surface area contributed by atoms with Crippen molar-refractivity contribution in [2.45, 2.75) is 51.7 Å². The average Bonchev–Trinajstić information content (AvgIpc) is 3.21. The van der Waals surface area contributed by atoms with E-state index in [0.29, 0.717) is 24.0 Å². The molecule has 1 aromatic heterocycles. The van der Waals surface area contributed by atoms with Gasteiger partial charge < -0.3 is 10.6 Å². The maximum atomic E-state index is 12.6. The number of hydrogen-bond acceptors (Lipinski definition) is 4. The number of nitrogens with two attached hydrogens (primary N) is 1. The number of fused-ring (bicyclic) bond motifs is 2. The summed E-state index contributed by atoms with van der Waals surface area (Å²) in [5, 5.41) is 6.99. The van der Waals surface area contributed by atoms with Gasteiger partial charge in [-0.05, 0) is 50.0 Å². The van der Waals surface area contributed by atoms with Crippen molar-refractivity contribution in [2.75, 3.05) is 0 Å². The van der Waals surface area contributed by atoms with Crippen molar-refractivity contribution in [1.82, 2.24) is 9.78 Å². The third kappa shape index (κ3) is 4.13. The second-order valence-electron chi connectivity index (χ2n) is 7.01. The number of oxime groups is 1. The maximum absolute atomic E-state index is 12.6.